The molecule has 1 amide bonds. The molecule has 0 radical (unpaired) electrons. The van der Waals surface area contributed by atoms with Gasteiger partial charge in [0.05, 0.1) is 13.7 Å². The van der Waals surface area contributed by atoms with Gasteiger partial charge < -0.3 is 19.9 Å². The molecule has 1 aromatic heterocycles. The second kappa shape index (κ2) is 7.95. The zero-order valence-corrected chi connectivity index (χ0v) is 15.5. The van der Waals surface area contributed by atoms with Crippen LogP contribution in [0.1, 0.15) is 18.2 Å². The van der Waals surface area contributed by atoms with E-state index in [0.29, 0.717) is 6.54 Å². The number of rotatable bonds is 7. The van der Waals surface area contributed by atoms with Gasteiger partial charge in [-0.25, -0.2) is 0 Å². The van der Waals surface area contributed by atoms with Gasteiger partial charge >= 0.3 is 0 Å². The van der Waals surface area contributed by atoms with Crippen LogP contribution in [0.4, 0.5) is 5.69 Å². The molecule has 26 heavy (non-hydrogen) atoms. The van der Waals surface area contributed by atoms with E-state index in [0.717, 1.165) is 41.0 Å². The predicted octanol–water partition coefficient (Wildman–Crippen LogP) is 3.49. The summed E-state index contributed by atoms with van der Waals surface area (Å²) < 4.78 is 5.39. The van der Waals surface area contributed by atoms with Crippen molar-refractivity contribution >= 4 is 22.5 Å². The molecule has 3 aromatic rings. The maximum Gasteiger partial charge on any atom is 0.216 e. The molecule has 0 spiro atoms. The summed E-state index contributed by atoms with van der Waals surface area (Å²) in [4.78, 5) is 17.0. The number of nitrogens with one attached hydrogen (secondary N) is 2. The third kappa shape index (κ3) is 3.99. The van der Waals surface area contributed by atoms with Crippen LogP contribution < -0.4 is 15.0 Å². The summed E-state index contributed by atoms with van der Waals surface area (Å²) in [5, 5.41) is 4.04. The summed E-state index contributed by atoms with van der Waals surface area (Å²) >= 11 is 0. The smallest absolute Gasteiger partial charge is 0.216 e. The van der Waals surface area contributed by atoms with Crippen molar-refractivity contribution in [3.63, 3.8) is 0 Å². The molecule has 3 rings (SSSR count). The summed E-state index contributed by atoms with van der Waals surface area (Å²) in [6.45, 7) is 2.92. The first-order valence-electron chi connectivity index (χ1n) is 8.76. The molecule has 5 nitrogen and oxygen atoms in total. The molecule has 136 valence electrons. The SMILES string of the molecule is COc1ccc2[nH]c(CN(C)c3ccccc3)c(CCNC(C)=O)c2c1. The van der Waals surface area contributed by atoms with Gasteiger partial charge in [0.15, 0.2) is 0 Å². The quantitative estimate of drug-likeness (QED) is 0.685. The molecule has 2 aromatic carbocycles. The van der Waals surface area contributed by atoms with E-state index in [2.05, 4.69) is 40.4 Å². The van der Waals surface area contributed by atoms with Crippen molar-refractivity contribution in [1.29, 1.82) is 0 Å². The molecule has 0 bridgehead atoms. The largest absolute Gasteiger partial charge is 0.497 e. The Morgan fingerprint density at radius 2 is 1.96 bits per heavy atom. The fraction of sp³-hybridized carbons (Fsp3) is 0.286. The van der Waals surface area contributed by atoms with Crippen molar-refractivity contribution in [2.45, 2.75) is 19.9 Å². The Morgan fingerprint density at radius 3 is 2.65 bits per heavy atom. The minimum absolute atomic E-state index is 0.00891. The summed E-state index contributed by atoms with van der Waals surface area (Å²) in [7, 11) is 3.76. The second-order valence-electron chi connectivity index (χ2n) is 6.42. The predicted molar refractivity (Wildman–Crippen MR) is 106 cm³/mol. The number of carbonyl (C=O) groups is 1. The number of aromatic nitrogens is 1. The Bertz CT molecular complexity index is 887. The van der Waals surface area contributed by atoms with Crippen LogP contribution in [-0.2, 0) is 17.8 Å². The van der Waals surface area contributed by atoms with Crippen LogP contribution in [0, 0.1) is 0 Å². The average molecular weight is 351 g/mol. The standard InChI is InChI=1S/C21H25N3O2/c1-15(25)22-12-11-18-19-13-17(26-3)9-10-20(19)23-21(18)14-24(2)16-7-5-4-6-8-16/h4-10,13,23H,11-12,14H2,1-3H3,(H,22,25). The van der Waals surface area contributed by atoms with Crippen LogP contribution in [0.2, 0.25) is 0 Å². The minimum atomic E-state index is -0.00891. The van der Waals surface area contributed by atoms with Gasteiger partial charge in [-0.05, 0) is 42.3 Å². The minimum Gasteiger partial charge on any atom is -0.497 e. The van der Waals surface area contributed by atoms with E-state index in [1.54, 1.807) is 14.0 Å². The lowest BCUT2D eigenvalue weighted by Gasteiger charge is -2.19. The highest BCUT2D eigenvalue weighted by molar-refractivity contribution is 5.86. The van der Waals surface area contributed by atoms with E-state index in [-0.39, 0.29) is 5.91 Å². The van der Waals surface area contributed by atoms with Gasteiger partial charge in [-0.1, -0.05) is 18.2 Å². The highest BCUT2D eigenvalue weighted by Crippen LogP contribution is 2.28. The van der Waals surface area contributed by atoms with Crippen LogP contribution >= 0.6 is 0 Å². The Kier molecular flexibility index (Phi) is 5.46. The Hall–Kier alpha value is -2.95. The molecule has 0 aliphatic rings. The number of para-hydroxylation sites is 1. The first kappa shape index (κ1) is 17.9. The molecule has 0 saturated carbocycles. The van der Waals surface area contributed by atoms with Crippen LogP contribution in [-0.4, -0.2) is 31.6 Å². The lowest BCUT2D eigenvalue weighted by atomic mass is 10.1. The number of hydrogen-bond acceptors (Lipinski definition) is 3. The van der Waals surface area contributed by atoms with Gasteiger partial charge in [0.1, 0.15) is 5.75 Å². The molecular formula is C21H25N3O2. The Morgan fingerprint density at radius 1 is 1.19 bits per heavy atom. The highest BCUT2D eigenvalue weighted by atomic mass is 16.5. The second-order valence-corrected chi connectivity index (χ2v) is 6.42. The van der Waals surface area contributed by atoms with Gasteiger partial charge in [0.2, 0.25) is 5.91 Å². The summed E-state index contributed by atoms with van der Waals surface area (Å²) in [6.07, 6.45) is 0.769. The molecule has 0 unspecified atom stereocenters. The van der Waals surface area contributed by atoms with Gasteiger partial charge in [-0.3, -0.25) is 4.79 Å². The van der Waals surface area contributed by atoms with E-state index in [1.807, 2.05) is 30.3 Å². The van der Waals surface area contributed by atoms with Crippen LogP contribution in [0.15, 0.2) is 48.5 Å². The number of H-pyrrole nitrogens is 1. The van der Waals surface area contributed by atoms with Crippen molar-refractivity contribution < 1.29 is 9.53 Å². The van der Waals surface area contributed by atoms with Gasteiger partial charge in [-0.2, -0.15) is 0 Å². The maximum atomic E-state index is 11.2. The fourth-order valence-electron chi connectivity index (χ4n) is 3.20. The maximum absolute atomic E-state index is 11.2. The van der Waals surface area contributed by atoms with Gasteiger partial charge in [-0.15, -0.1) is 0 Å². The highest BCUT2D eigenvalue weighted by Gasteiger charge is 2.14. The summed E-state index contributed by atoms with van der Waals surface area (Å²) in [6, 6.07) is 16.4. The van der Waals surface area contributed by atoms with Crippen molar-refractivity contribution in [3.8, 4) is 5.75 Å². The van der Waals surface area contributed by atoms with Crippen molar-refractivity contribution in [2.75, 3.05) is 25.6 Å². The summed E-state index contributed by atoms with van der Waals surface area (Å²) in [5.41, 5.74) is 4.62. The number of ether oxygens (including phenoxy) is 1. The number of anilines is 1. The Balaban J connectivity index is 1.92. The Labute approximate surface area is 154 Å². The molecule has 1 heterocycles. The first-order valence-corrected chi connectivity index (χ1v) is 8.76. The van der Waals surface area contributed by atoms with Crippen molar-refractivity contribution in [1.82, 2.24) is 10.3 Å². The first-order chi connectivity index (χ1) is 12.6. The van der Waals surface area contributed by atoms with Crippen LogP contribution in [0.5, 0.6) is 5.75 Å². The topological polar surface area (TPSA) is 57.4 Å². The van der Waals surface area contributed by atoms with Gasteiger partial charge in [0.25, 0.3) is 0 Å². The third-order valence-electron chi connectivity index (χ3n) is 4.54. The molecule has 2 N–H and O–H groups in total. The molecule has 5 heteroatoms. The average Bonchev–Trinajstić information content (AvgIpc) is 2.98. The van der Waals surface area contributed by atoms with E-state index in [1.165, 1.54) is 5.56 Å². The summed E-state index contributed by atoms with van der Waals surface area (Å²) in [5.74, 6) is 0.825. The number of fused-ring (bicyclic) bond motifs is 1. The molecular weight excluding hydrogens is 326 g/mol. The molecule has 0 aliphatic heterocycles. The third-order valence-corrected chi connectivity index (χ3v) is 4.54. The van der Waals surface area contributed by atoms with E-state index in [4.69, 9.17) is 4.74 Å². The number of amides is 1. The number of carbonyl (C=O) groups excluding carboxylic acids is 1. The molecule has 0 atom stereocenters. The molecule has 0 aliphatic carbocycles. The van der Waals surface area contributed by atoms with Crippen LogP contribution in [0.3, 0.4) is 0 Å². The number of methoxy groups -OCH3 is 1. The number of aromatic amines is 1. The fourth-order valence-corrected chi connectivity index (χ4v) is 3.20. The van der Waals surface area contributed by atoms with Crippen molar-refractivity contribution in [2.24, 2.45) is 0 Å². The van der Waals surface area contributed by atoms with Crippen LogP contribution in [0.25, 0.3) is 10.9 Å². The lowest BCUT2D eigenvalue weighted by molar-refractivity contribution is -0.118. The zero-order chi connectivity index (χ0) is 18.5. The number of hydrogen-bond donors (Lipinski definition) is 2. The zero-order valence-electron chi connectivity index (χ0n) is 15.5. The monoisotopic (exact) mass is 351 g/mol. The number of benzene rings is 2. The van der Waals surface area contributed by atoms with E-state index < -0.39 is 0 Å². The normalized spacial score (nSPS) is 10.7. The van der Waals surface area contributed by atoms with Crippen molar-refractivity contribution in [3.05, 3.63) is 59.8 Å². The molecule has 0 fully saturated rings. The lowest BCUT2D eigenvalue weighted by Crippen LogP contribution is -2.23. The number of nitrogens with zero attached hydrogens (tertiary/aromatic N) is 1. The van der Waals surface area contributed by atoms with E-state index in [9.17, 15) is 4.79 Å². The van der Waals surface area contributed by atoms with E-state index >= 15 is 0 Å². The molecule has 0 saturated heterocycles. The van der Waals surface area contributed by atoms with Gasteiger partial charge in [0, 0.05) is 42.8 Å².